The fourth-order valence-electron chi connectivity index (χ4n) is 3.47. The van der Waals surface area contributed by atoms with Gasteiger partial charge in [0.25, 0.3) is 5.56 Å². The fraction of sp³-hybridized carbons (Fsp3) is 0.500. The summed E-state index contributed by atoms with van der Waals surface area (Å²) in [5.41, 5.74) is 3.80. The second-order valence-electron chi connectivity index (χ2n) is 6.96. The van der Waals surface area contributed by atoms with Crippen molar-refractivity contribution in [1.29, 1.82) is 0 Å². The Labute approximate surface area is 153 Å². The van der Waals surface area contributed by atoms with Crippen molar-refractivity contribution in [3.63, 3.8) is 0 Å². The average Bonchev–Trinajstić information content (AvgIpc) is 2.82. The molecular weight excluding hydrogens is 330 g/mol. The molecule has 2 aromatic rings. The van der Waals surface area contributed by atoms with Gasteiger partial charge in [-0.05, 0) is 51.2 Å². The number of H-pyrrole nitrogens is 1. The first-order valence-electron chi connectivity index (χ1n) is 9.26. The Balaban J connectivity index is 1.67. The third-order valence-corrected chi connectivity index (χ3v) is 5.05. The molecule has 2 N–H and O–H groups in total. The van der Waals surface area contributed by atoms with Crippen LogP contribution in [0.2, 0.25) is 0 Å². The Bertz CT molecular complexity index is 805. The summed E-state index contributed by atoms with van der Waals surface area (Å²) in [6.07, 6.45) is 3.65. The van der Waals surface area contributed by atoms with E-state index in [9.17, 15) is 9.59 Å². The molecule has 1 aromatic carbocycles. The van der Waals surface area contributed by atoms with Crippen molar-refractivity contribution >= 4 is 5.91 Å². The predicted molar refractivity (Wildman–Crippen MR) is 101 cm³/mol. The number of rotatable bonds is 6. The third kappa shape index (κ3) is 4.07. The molecule has 1 aromatic heterocycles. The number of fused-ring (bicyclic) bond motifs is 1. The first-order valence-corrected chi connectivity index (χ1v) is 9.26. The van der Waals surface area contributed by atoms with Crippen LogP contribution in [0, 0.1) is 12.8 Å². The van der Waals surface area contributed by atoms with E-state index in [1.165, 1.54) is 0 Å². The molecule has 140 valence electrons. The van der Waals surface area contributed by atoms with Crippen LogP contribution < -0.4 is 10.9 Å². The number of methoxy groups -OCH3 is 1. The Morgan fingerprint density at radius 3 is 2.73 bits per heavy atom. The van der Waals surface area contributed by atoms with Gasteiger partial charge in [0.2, 0.25) is 5.91 Å². The maximum absolute atomic E-state index is 12.8. The molecule has 3 rings (SSSR count). The number of aryl methyl sites for hydroxylation is 2. The number of aromatic amines is 1. The van der Waals surface area contributed by atoms with Crippen molar-refractivity contribution in [2.24, 2.45) is 5.92 Å². The normalized spacial score (nSPS) is 16.8. The van der Waals surface area contributed by atoms with E-state index in [1.807, 2.05) is 31.2 Å². The zero-order valence-electron chi connectivity index (χ0n) is 15.5. The number of nitrogens with zero attached hydrogens (tertiary/aromatic N) is 1. The highest BCUT2D eigenvalue weighted by atomic mass is 16.5. The topological polar surface area (TPSA) is 76.1 Å². The zero-order valence-corrected chi connectivity index (χ0v) is 15.5. The lowest BCUT2D eigenvalue weighted by atomic mass is 9.99. The van der Waals surface area contributed by atoms with Crippen molar-refractivity contribution in [2.45, 2.75) is 39.0 Å². The van der Waals surface area contributed by atoms with E-state index in [0.29, 0.717) is 26.0 Å². The number of benzene rings is 1. The Morgan fingerprint density at radius 2 is 2.00 bits per heavy atom. The quantitative estimate of drug-likeness (QED) is 0.614. The summed E-state index contributed by atoms with van der Waals surface area (Å²) in [4.78, 5) is 25.1. The Kier molecular flexibility index (Phi) is 5.93. The summed E-state index contributed by atoms with van der Waals surface area (Å²) in [6, 6.07) is 7.89. The molecule has 0 bridgehead atoms. The number of aromatic nitrogens is 2. The summed E-state index contributed by atoms with van der Waals surface area (Å²) >= 11 is 0. The summed E-state index contributed by atoms with van der Waals surface area (Å²) in [6.45, 7) is 3.31. The minimum Gasteiger partial charge on any atom is -0.385 e. The second-order valence-corrected chi connectivity index (χ2v) is 6.96. The van der Waals surface area contributed by atoms with Crippen LogP contribution in [0.25, 0.3) is 5.69 Å². The molecule has 0 saturated carbocycles. The van der Waals surface area contributed by atoms with Crippen molar-refractivity contribution in [3.05, 3.63) is 51.4 Å². The maximum Gasteiger partial charge on any atom is 0.274 e. The predicted octanol–water partition coefficient (Wildman–Crippen LogP) is 2.12. The molecular formula is C20H27N3O3. The summed E-state index contributed by atoms with van der Waals surface area (Å²) in [7, 11) is 1.66. The van der Waals surface area contributed by atoms with Crippen LogP contribution >= 0.6 is 0 Å². The largest absolute Gasteiger partial charge is 0.385 e. The molecule has 1 unspecified atom stereocenters. The van der Waals surface area contributed by atoms with Gasteiger partial charge < -0.3 is 10.1 Å². The first-order chi connectivity index (χ1) is 12.6. The Morgan fingerprint density at radius 1 is 1.27 bits per heavy atom. The zero-order chi connectivity index (χ0) is 18.5. The van der Waals surface area contributed by atoms with Crippen LogP contribution in [0.5, 0.6) is 0 Å². The minimum absolute atomic E-state index is 0.00463. The van der Waals surface area contributed by atoms with E-state index in [1.54, 1.807) is 11.8 Å². The van der Waals surface area contributed by atoms with Crippen LogP contribution in [0.1, 0.15) is 36.1 Å². The number of hydrogen-bond acceptors (Lipinski definition) is 3. The smallest absolute Gasteiger partial charge is 0.274 e. The number of ether oxygens (including phenoxy) is 1. The van der Waals surface area contributed by atoms with Crippen LogP contribution in [0.4, 0.5) is 0 Å². The number of hydrogen-bond donors (Lipinski definition) is 2. The molecule has 1 amide bonds. The van der Waals surface area contributed by atoms with Gasteiger partial charge in [0.15, 0.2) is 0 Å². The van der Waals surface area contributed by atoms with E-state index in [2.05, 4.69) is 10.4 Å². The molecule has 0 aliphatic heterocycles. The molecule has 1 aliphatic rings. The molecule has 0 spiro atoms. The van der Waals surface area contributed by atoms with Crippen molar-refractivity contribution in [2.75, 3.05) is 20.3 Å². The van der Waals surface area contributed by atoms with E-state index >= 15 is 0 Å². The Hall–Kier alpha value is -2.34. The van der Waals surface area contributed by atoms with Gasteiger partial charge in [0, 0.05) is 37.4 Å². The van der Waals surface area contributed by atoms with E-state index < -0.39 is 0 Å². The van der Waals surface area contributed by atoms with E-state index in [0.717, 1.165) is 41.8 Å². The molecule has 6 heteroatoms. The second kappa shape index (κ2) is 8.36. The van der Waals surface area contributed by atoms with Gasteiger partial charge in [0.05, 0.1) is 5.69 Å². The molecule has 0 saturated heterocycles. The van der Waals surface area contributed by atoms with Gasteiger partial charge in [-0.2, -0.15) is 0 Å². The van der Waals surface area contributed by atoms with Crippen LogP contribution in [-0.4, -0.2) is 35.9 Å². The highest BCUT2D eigenvalue weighted by molar-refractivity contribution is 5.78. The summed E-state index contributed by atoms with van der Waals surface area (Å²) in [5, 5.41) is 6.23. The lowest BCUT2D eigenvalue weighted by molar-refractivity contribution is -0.125. The van der Waals surface area contributed by atoms with Crippen molar-refractivity contribution in [1.82, 2.24) is 15.1 Å². The van der Waals surface area contributed by atoms with E-state index in [4.69, 9.17) is 4.74 Å². The molecule has 1 aliphatic carbocycles. The maximum atomic E-state index is 12.8. The van der Waals surface area contributed by atoms with Crippen LogP contribution in [0.3, 0.4) is 0 Å². The van der Waals surface area contributed by atoms with Crippen LogP contribution in [0.15, 0.2) is 29.1 Å². The lowest BCUT2D eigenvalue weighted by Crippen LogP contribution is -2.32. The van der Waals surface area contributed by atoms with E-state index in [-0.39, 0.29) is 17.4 Å². The van der Waals surface area contributed by atoms with Gasteiger partial charge >= 0.3 is 0 Å². The van der Waals surface area contributed by atoms with Gasteiger partial charge in [0.1, 0.15) is 0 Å². The molecule has 0 fully saturated rings. The van der Waals surface area contributed by atoms with Gasteiger partial charge in [-0.3, -0.25) is 14.7 Å². The van der Waals surface area contributed by atoms with Crippen LogP contribution in [-0.2, 0) is 22.4 Å². The SMILES string of the molecule is COCCCNC(=O)C1CCc2[nH]n(-c3ccc(C)cc3)c(=O)c2CC1. The lowest BCUT2D eigenvalue weighted by Gasteiger charge is -2.14. The first kappa shape index (κ1) is 18.5. The number of carbonyl (C=O) groups excluding carboxylic acids is 1. The monoisotopic (exact) mass is 357 g/mol. The molecule has 1 atom stereocenters. The minimum atomic E-state index is -0.0365. The van der Waals surface area contributed by atoms with Gasteiger partial charge in [-0.15, -0.1) is 0 Å². The van der Waals surface area contributed by atoms with Crippen molar-refractivity contribution in [3.8, 4) is 5.69 Å². The summed E-state index contributed by atoms with van der Waals surface area (Å²) < 4.78 is 6.62. The fourth-order valence-corrected chi connectivity index (χ4v) is 3.47. The third-order valence-electron chi connectivity index (χ3n) is 5.05. The van der Waals surface area contributed by atoms with Gasteiger partial charge in [-0.25, -0.2) is 4.68 Å². The molecule has 1 heterocycles. The highest BCUT2D eigenvalue weighted by Crippen LogP contribution is 2.22. The number of nitrogens with one attached hydrogen (secondary N) is 2. The standard InChI is InChI=1S/C20H27N3O3/c1-14-4-8-16(9-5-14)23-20(25)17-10-6-15(7-11-18(17)22-23)19(24)21-12-3-13-26-2/h4-5,8-9,15,22H,3,6-7,10-13H2,1-2H3,(H,21,24). The molecule has 6 nitrogen and oxygen atoms in total. The van der Waals surface area contributed by atoms with Crippen molar-refractivity contribution < 1.29 is 9.53 Å². The average molecular weight is 357 g/mol. The number of amides is 1. The van der Waals surface area contributed by atoms with Gasteiger partial charge in [-0.1, -0.05) is 17.7 Å². The molecule has 0 radical (unpaired) electrons. The molecule has 26 heavy (non-hydrogen) atoms. The number of carbonyl (C=O) groups is 1. The summed E-state index contributed by atoms with van der Waals surface area (Å²) in [5.74, 6) is 0.0516. The highest BCUT2D eigenvalue weighted by Gasteiger charge is 2.25.